The van der Waals surface area contributed by atoms with Crippen molar-refractivity contribution in [3.05, 3.63) is 34.3 Å². The maximum atomic E-state index is 12.0. The second kappa shape index (κ2) is 6.37. The standard InChI is InChI=1S/C14H16BrNO4/c1-3-19-14(18)9(2)16-12(17)8-20-13(16)10-6-4-5-7-11(10)15/h4-7,9,13H,3,8H2,1-2H3. The number of rotatable bonds is 4. The number of carbonyl (C=O) groups is 2. The predicted octanol–water partition coefficient (Wildman–Crippen LogP) is 2.26. The van der Waals surface area contributed by atoms with Crippen molar-refractivity contribution in [3.8, 4) is 0 Å². The highest BCUT2D eigenvalue weighted by atomic mass is 79.9. The van der Waals surface area contributed by atoms with Gasteiger partial charge in [-0.05, 0) is 19.9 Å². The van der Waals surface area contributed by atoms with Gasteiger partial charge >= 0.3 is 5.97 Å². The predicted molar refractivity (Wildman–Crippen MR) is 75.8 cm³/mol. The van der Waals surface area contributed by atoms with E-state index in [2.05, 4.69) is 15.9 Å². The van der Waals surface area contributed by atoms with Crippen molar-refractivity contribution >= 4 is 27.8 Å². The Bertz CT molecular complexity index is 520. The molecule has 2 unspecified atom stereocenters. The average Bonchev–Trinajstić information content (AvgIpc) is 2.80. The molecule has 0 N–H and O–H groups in total. The summed E-state index contributed by atoms with van der Waals surface area (Å²) in [5.74, 6) is -0.644. The molecule has 1 aliphatic rings. The lowest BCUT2D eigenvalue weighted by molar-refractivity contribution is -0.155. The zero-order valence-corrected chi connectivity index (χ0v) is 12.9. The molecule has 2 rings (SSSR count). The van der Waals surface area contributed by atoms with Crippen LogP contribution in [0.25, 0.3) is 0 Å². The Morgan fingerprint density at radius 3 is 2.90 bits per heavy atom. The molecule has 0 saturated carbocycles. The van der Waals surface area contributed by atoms with E-state index >= 15 is 0 Å². The van der Waals surface area contributed by atoms with E-state index in [-0.39, 0.29) is 19.1 Å². The number of carbonyl (C=O) groups excluding carboxylic acids is 2. The van der Waals surface area contributed by atoms with Gasteiger partial charge in [0.25, 0.3) is 5.91 Å². The largest absolute Gasteiger partial charge is 0.464 e. The van der Waals surface area contributed by atoms with Crippen molar-refractivity contribution < 1.29 is 19.1 Å². The van der Waals surface area contributed by atoms with Gasteiger partial charge in [0.1, 0.15) is 12.6 Å². The number of esters is 1. The molecule has 1 aromatic carbocycles. The van der Waals surface area contributed by atoms with E-state index in [1.807, 2.05) is 24.3 Å². The Labute approximate surface area is 126 Å². The van der Waals surface area contributed by atoms with Gasteiger partial charge < -0.3 is 9.47 Å². The van der Waals surface area contributed by atoms with E-state index in [1.54, 1.807) is 13.8 Å². The van der Waals surface area contributed by atoms with Gasteiger partial charge in [0.05, 0.1) is 6.61 Å². The van der Waals surface area contributed by atoms with Crippen LogP contribution in [0.4, 0.5) is 0 Å². The fourth-order valence-electron chi connectivity index (χ4n) is 2.15. The first-order valence-corrected chi connectivity index (χ1v) is 7.19. The Morgan fingerprint density at radius 2 is 2.25 bits per heavy atom. The highest BCUT2D eigenvalue weighted by molar-refractivity contribution is 9.10. The van der Waals surface area contributed by atoms with Gasteiger partial charge in [0.15, 0.2) is 6.23 Å². The summed E-state index contributed by atoms with van der Waals surface area (Å²) >= 11 is 3.44. The monoisotopic (exact) mass is 341 g/mol. The first-order valence-electron chi connectivity index (χ1n) is 6.40. The Hall–Kier alpha value is -1.40. The van der Waals surface area contributed by atoms with Crippen molar-refractivity contribution in [2.24, 2.45) is 0 Å². The quantitative estimate of drug-likeness (QED) is 0.788. The van der Waals surface area contributed by atoms with E-state index in [0.29, 0.717) is 0 Å². The van der Waals surface area contributed by atoms with E-state index in [9.17, 15) is 9.59 Å². The fraction of sp³-hybridized carbons (Fsp3) is 0.429. The lowest BCUT2D eigenvalue weighted by atomic mass is 10.1. The normalized spacial score (nSPS) is 20.1. The lowest BCUT2D eigenvalue weighted by Gasteiger charge is -2.28. The summed E-state index contributed by atoms with van der Waals surface area (Å²) in [4.78, 5) is 25.3. The highest BCUT2D eigenvalue weighted by Gasteiger charge is 2.40. The van der Waals surface area contributed by atoms with Gasteiger partial charge in [0, 0.05) is 10.0 Å². The van der Waals surface area contributed by atoms with Crippen LogP contribution in [0.2, 0.25) is 0 Å². The molecule has 0 spiro atoms. The van der Waals surface area contributed by atoms with Gasteiger partial charge in [-0.2, -0.15) is 0 Å². The third-order valence-electron chi connectivity index (χ3n) is 3.12. The second-order valence-corrected chi connectivity index (χ2v) is 5.27. The summed E-state index contributed by atoms with van der Waals surface area (Å²) < 4.78 is 11.3. The Balaban J connectivity index is 2.27. The highest BCUT2D eigenvalue weighted by Crippen LogP contribution is 2.34. The number of halogens is 1. The van der Waals surface area contributed by atoms with Gasteiger partial charge in [-0.3, -0.25) is 9.69 Å². The molecule has 0 aliphatic carbocycles. The topological polar surface area (TPSA) is 55.8 Å². The minimum absolute atomic E-state index is 0.0320. The molecule has 1 aliphatic heterocycles. The zero-order chi connectivity index (χ0) is 14.7. The molecular formula is C14H16BrNO4. The first-order chi connectivity index (χ1) is 9.56. The van der Waals surface area contributed by atoms with E-state index in [1.165, 1.54) is 4.90 Å². The van der Waals surface area contributed by atoms with E-state index in [0.717, 1.165) is 10.0 Å². The molecule has 0 aromatic heterocycles. The summed E-state index contributed by atoms with van der Waals surface area (Å²) in [7, 11) is 0. The summed E-state index contributed by atoms with van der Waals surface area (Å²) in [6.07, 6.45) is -0.572. The lowest BCUT2D eigenvalue weighted by Crippen LogP contribution is -2.42. The van der Waals surface area contributed by atoms with Crippen LogP contribution >= 0.6 is 15.9 Å². The van der Waals surface area contributed by atoms with Crippen LogP contribution < -0.4 is 0 Å². The van der Waals surface area contributed by atoms with Crippen LogP contribution in [0, 0.1) is 0 Å². The van der Waals surface area contributed by atoms with Crippen LogP contribution in [0.15, 0.2) is 28.7 Å². The molecular weight excluding hydrogens is 326 g/mol. The second-order valence-electron chi connectivity index (χ2n) is 4.41. The Kier molecular flexibility index (Phi) is 4.77. The third-order valence-corrected chi connectivity index (χ3v) is 3.84. The van der Waals surface area contributed by atoms with Gasteiger partial charge in [-0.25, -0.2) is 4.79 Å². The third kappa shape index (κ3) is 2.86. The van der Waals surface area contributed by atoms with Gasteiger partial charge in [-0.1, -0.05) is 34.1 Å². The van der Waals surface area contributed by atoms with Crippen LogP contribution in [-0.2, 0) is 19.1 Å². The van der Waals surface area contributed by atoms with Crippen molar-refractivity contribution in [2.45, 2.75) is 26.1 Å². The fourth-order valence-corrected chi connectivity index (χ4v) is 2.63. The van der Waals surface area contributed by atoms with Gasteiger partial charge in [-0.15, -0.1) is 0 Å². The summed E-state index contributed by atoms with van der Waals surface area (Å²) in [5, 5.41) is 0. The zero-order valence-electron chi connectivity index (χ0n) is 11.3. The number of hydrogen-bond acceptors (Lipinski definition) is 4. The molecule has 20 heavy (non-hydrogen) atoms. The smallest absolute Gasteiger partial charge is 0.328 e. The molecule has 1 fully saturated rings. The maximum Gasteiger partial charge on any atom is 0.328 e. The molecule has 2 atom stereocenters. The molecule has 108 valence electrons. The molecule has 5 nitrogen and oxygen atoms in total. The minimum atomic E-state index is -0.679. The van der Waals surface area contributed by atoms with Crippen molar-refractivity contribution in [2.75, 3.05) is 13.2 Å². The molecule has 1 aromatic rings. The van der Waals surface area contributed by atoms with E-state index in [4.69, 9.17) is 9.47 Å². The first kappa shape index (κ1) is 15.0. The number of benzene rings is 1. The van der Waals surface area contributed by atoms with Crippen LogP contribution in [-0.4, -0.2) is 36.0 Å². The molecule has 1 saturated heterocycles. The van der Waals surface area contributed by atoms with E-state index < -0.39 is 18.2 Å². The minimum Gasteiger partial charge on any atom is -0.464 e. The number of nitrogens with zero attached hydrogens (tertiary/aromatic N) is 1. The average molecular weight is 342 g/mol. The van der Waals surface area contributed by atoms with Crippen LogP contribution in [0.1, 0.15) is 25.6 Å². The van der Waals surface area contributed by atoms with Crippen molar-refractivity contribution in [1.82, 2.24) is 4.90 Å². The molecule has 1 heterocycles. The van der Waals surface area contributed by atoms with Crippen molar-refractivity contribution in [1.29, 1.82) is 0 Å². The maximum absolute atomic E-state index is 12.0. The summed E-state index contributed by atoms with van der Waals surface area (Å²) in [6, 6.07) is 6.79. The SMILES string of the molecule is CCOC(=O)C(C)N1C(=O)COC1c1ccccc1Br. The number of amides is 1. The van der Waals surface area contributed by atoms with Crippen LogP contribution in [0.5, 0.6) is 0 Å². The van der Waals surface area contributed by atoms with Crippen molar-refractivity contribution in [3.63, 3.8) is 0 Å². The summed E-state index contributed by atoms with van der Waals surface area (Å²) in [6.45, 7) is 3.63. The number of hydrogen-bond donors (Lipinski definition) is 0. The molecule has 6 heteroatoms. The molecule has 0 radical (unpaired) electrons. The Morgan fingerprint density at radius 1 is 1.55 bits per heavy atom. The molecule has 1 amide bonds. The summed E-state index contributed by atoms with van der Waals surface area (Å²) in [5.41, 5.74) is 0.814. The molecule has 0 bridgehead atoms. The van der Waals surface area contributed by atoms with Gasteiger partial charge in [0.2, 0.25) is 0 Å². The number of ether oxygens (including phenoxy) is 2. The van der Waals surface area contributed by atoms with Crippen LogP contribution in [0.3, 0.4) is 0 Å².